The number of nitrogens with zero attached hydrogens (tertiary/aromatic N) is 3. The van der Waals surface area contributed by atoms with Gasteiger partial charge in [0.1, 0.15) is 21.9 Å². The first-order valence-electron chi connectivity index (χ1n) is 6.98. The normalized spacial score (nSPS) is 17.2. The maximum absolute atomic E-state index is 11.3. The number of likely N-dealkylation sites (tertiary alicyclic amines) is 1. The van der Waals surface area contributed by atoms with Gasteiger partial charge in [-0.3, -0.25) is 0 Å². The summed E-state index contributed by atoms with van der Waals surface area (Å²) < 4.78 is 0. The average molecular weight is 306 g/mol. The number of thiophene rings is 1. The van der Waals surface area contributed by atoms with E-state index in [4.69, 9.17) is 0 Å². The van der Waals surface area contributed by atoms with E-state index in [2.05, 4.69) is 27.2 Å². The van der Waals surface area contributed by atoms with E-state index in [-0.39, 0.29) is 0 Å². The Morgan fingerprint density at radius 3 is 2.81 bits per heavy atom. The zero-order chi connectivity index (χ0) is 15.0. The lowest BCUT2D eigenvalue weighted by Crippen LogP contribution is -2.36. The van der Waals surface area contributed by atoms with Crippen LogP contribution in [0.25, 0.3) is 10.2 Å². The number of aromatic carboxylic acids is 1. The van der Waals surface area contributed by atoms with E-state index in [9.17, 15) is 9.90 Å². The number of hydrogen-bond donors (Lipinski definition) is 2. The second-order valence-electron chi connectivity index (χ2n) is 5.49. The molecule has 0 spiro atoms. The molecule has 2 N–H and O–H groups in total. The highest BCUT2D eigenvalue weighted by atomic mass is 32.1. The van der Waals surface area contributed by atoms with Gasteiger partial charge in [-0.2, -0.15) is 0 Å². The smallest absolute Gasteiger partial charge is 0.346 e. The zero-order valence-electron chi connectivity index (χ0n) is 12.1. The topological polar surface area (TPSA) is 78.3 Å². The van der Waals surface area contributed by atoms with Crippen LogP contribution in [0.4, 0.5) is 5.82 Å². The van der Waals surface area contributed by atoms with Gasteiger partial charge < -0.3 is 15.3 Å². The number of carbonyl (C=O) groups is 1. The fourth-order valence-electron chi connectivity index (χ4n) is 2.73. The van der Waals surface area contributed by atoms with Crippen molar-refractivity contribution in [3.05, 3.63) is 16.8 Å². The lowest BCUT2D eigenvalue weighted by molar-refractivity contribution is 0.0701. The predicted molar refractivity (Wildman–Crippen MR) is 83.3 cm³/mol. The number of fused-ring (bicyclic) bond motifs is 1. The van der Waals surface area contributed by atoms with Crippen molar-refractivity contribution in [3.63, 3.8) is 0 Å². The molecule has 2 aromatic heterocycles. The maximum atomic E-state index is 11.3. The van der Waals surface area contributed by atoms with Crippen LogP contribution in [0.2, 0.25) is 0 Å². The Balaban J connectivity index is 1.93. The monoisotopic (exact) mass is 306 g/mol. The van der Waals surface area contributed by atoms with Crippen LogP contribution < -0.4 is 5.32 Å². The first-order valence-corrected chi connectivity index (χ1v) is 7.80. The molecule has 0 saturated carbocycles. The van der Waals surface area contributed by atoms with Gasteiger partial charge in [0.25, 0.3) is 0 Å². The molecule has 112 valence electrons. The minimum Gasteiger partial charge on any atom is -0.477 e. The molecule has 0 bridgehead atoms. The first kappa shape index (κ1) is 14.2. The van der Waals surface area contributed by atoms with E-state index >= 15 is 0 Å². The quantitative estimate of drug-likeness (QED) is 0.905. The summed E-state index contributed by atoms with van der Waals surface area (Å²) >= 11 is 1.21. The highest BCUT2D eigenvalue weighted by Crippen LogP contribution is 2.33. The van der Waals surface area contributed by atoms with Gasteiger partial charge in [0.05, 0.1) is 5.39 Å². The van der Waals surface area contributed by atoms with E-state index in [0.29, 0.717) is 10.9 Å². The van der Waals surface area contributed by atoms with Crippen LogP contribution in [0, 0.1) is 6.92 Å². The molecule has 1 saturated heterocycles. The lowest BCUT2D eigenvalue weighted by atomic mass is 10.1. The van der Waals surface area contributed by atoms with Crippen molar-refractivity contribution in [2.45, 2.75) is 25.8 Å². The molecule has 1 fully saturated rings. The molecule has 7 heteroatoms. The molecule has 2 aromatic rings. The number of carboxylic acids is 1. The van der Waals surface area contributed by atoms with Gasteiger partial charge in [0, 0.05) is 6.04 Å². The number of hydrogen-bond acceptors (Lipinski definition) is 6. The minimum atomic E-state index is -0.902. The first-order chi connectivity index (χ1) is 10.1. The van der Waals surface area contributed by atoms with Crippen LogP contribution in [0.5, 0.6) is 0 Å². The third-order valence-corrected chi connectivity index (χ3v) is 5.17. The standard InChI is InChI=1S/C14H18N4O2S/c1-8-10-12(17-9-3-5-18(2)6-4-9)15-7-16-13(10)21-11(8)14(19)20/h7,9H,3-6H2,1-2H3,(H,19,20)(H,15,16,17). The van der Waals surface area contributed by atoms with Crippen molar-refractivity contribution in [2.75, 3.05) is 25.5 Å². The molecule has 0 atom stereocenters. The van der Waals surface area contributed by atoms with Gasteiger partial charge in [-0.05, 0) is 45.5 Å². The third kappa shape index (κ3) is 2.71. The Labute approximate surface area is 126 Å². The summed E-state index contributed by atoms with van der Waals surface area (Å²) in [5.74, 6) is -0.142. The molecule has 3 rings (SSSR count). The molecule has 3 heterocycles. The van der Waals surface area contributed by atoms with E-state index in [1.165, 1.54) is 17.7 Å². The number of aryl methyl sites for hydroxylation is 1. The van der Waals surface area contributed by atoms with Gasteiger partial charge in [0.15, 0.2) is 0 Å². The van der Waals surface area contributed by atoms with Crippen LogP contribution in [-0.2, 0) is 0 Å². The molecule has 0 aromatic carbocycles. The van der Waals surface area contributed by atoms with Gasteiger partial charge in [-0.1, -0.05) is 0 Å². The number of nitrogens with one attached hydrogen (secondary N) is 1. The summed E-state index contributed by atoms with van der Waals surface area (Å²) in [6.07, 6.45) is 3.63. The van der Waals surface area contributed by atoms with Crippen molar-refractivity contribution >= 4 is 33.3 Å². The summed E-state index contributed by atoms with van der Waals surface area (Å²) in [4.78, 5) is 23.2. The van der Waals surface area contributed by atoms with E-state index in [1.54, 1.807) is 0 Å². The van der Waals surface area contributed by atoms with Crippen molar-refractivity contribution in [1.82, 2.24) is 14.9 Å². The van der Waals surface area contributed by atoms with Crippen LogP contribution in [0.3, 0.4) is 0 Å². The van der Waals surface area contributed by atoms with Crippen LogP contribution >= 0.6 is 11.3 Å². The Kier molecular flexibility index (Phi) is 3.77. The Morgan fingerprint density at radius 2 is 2.14 bits per heavy atom. The van der Waals surface area contributed by atoms with Crippen molar-refractivity contribution < 1.29 is 9.90 Å². The molecule has 1 aliphatic rings. The highest BCUT2D eigenvalue weighted by molar-refractivity contribution is 7.20. The van der Waals surface area contributed by atoms with Gasteiger partial charge in [-0.15, -0.1) is 11.3 Å². The summed E-state index contributed by atoms with van der Waals surface area (Å²) in [7, 11) is 2.13. The molecule has 0 radical (unpaired) electrons. The highest BCUT2D eigenvalue weighted by Gasteiger charge is 2.21. The Bertz CT molecular complexity index is 677. The number of aromatic nitrogens is 2. The fourth-order valence-corrected chi connectivity index (χ4v) is 3.72. The lowest BCUT2D eigenvalue weighted by Gasteiger charge is -2.29. The van der Waals surface area contributed by atoms with Crippen LogP contribution in [-0.4, -0.2) is 52.1 Å². The van der Waals surface area contributed by atoms with Crippen molar-refractivity contribution in [2.24, 2.45) is 0 Å². The van der Waals surface area contributed by atoms with E-state index in [0.717, 1.165) is 47.5 Å². The average Bonchev–Trinajstić information content (AvgIpc) is 2.80. The SMILES string of the molecule is Cc1c(C(=O)O)sc2ncnc(NC3CCN(C)CC3)c12. The molecule has 6 nitrogen and oxygen atoms in total. The Morgan fingerprint density at radius 1 is 1.43 bits per heavy atom. The largest absolute Gasteiger partial charge is 0.477 e. The molecular weight excluding hydrogens is 288 g/mol. The summed E-state index contributed by atoms with van der Waals surface area (Å²) in [6.45, 7) is 3.95. The van der Waals surface area contributed by atoms with Gasteiger partial charge in [0.2, 0.25) is 0 Å². The van der Waals surface area contributed by atoms with E-state index in [1.807, 2.05) is 6.92 Å². The number of rotatable bonds is 3. The number of anilines is 1. The van der Waals surface area contributed by atoms with E-state index < -0.39 is 5.97 Å². The summed E-state index contributed by atoms with van der Waals surface area (Å²) in [5, 5.41) is 13.6. The molecule has 21 heavy (non-hydrogen) atoms. The molecule has 0 unspecified atom stereocenters. The fraction of sp³-hybridized carbons (Fsp3) is 0.500. The number of piperidine rings is 1. The summed E-state index contributed by atoms with van der Waals surface area (Å²) in [5.41, 5.74) is 0.749. The van der Waals surface area contributed by atoms with Crippen molar-refractivity contribution in [1.29, 1.82) is 0 Å². The predicted octanol–water partition coefficient (Wildman–Crippen LogP) is 2.20. The second-order valence-corrected chi connectivity index (χ2v) is 6.48. The molecule has 1 aliphatic heterocycles. The third-order valence-electron chi connectivity index (χ3n) is 3.98. The maximum Gasteiger partial charge on any atom is 0.346 e. The van der Waals surface area contributed by atoms with Crippen LogP contribution in [0.15, 0.2) is 6.33 Å². The van der Waals surface area contributed by atoms with Gasteiger partial charge >= 0.3 is 5.97 Å². The minimum absolute atomic E-state index is 0.344. The molecule has 0 amide bonds. The second kappa shape index (κ2) is 5.57. The molecule has 0 aliphatic carbocycles. The van der Waals surface area contributed by atoms with Gasteiger partial charge in [-0.25, -0.2) is 14.8 Å². The Hall–Kier alpha value is -1.73. The number of carboxylic acid groups (broad SMARTS) is 1. The summed E-state index contributed by atoms with van der Waals surface area (Å²) in [6, 6.07) is 0.381. The van der Waals surface area contributed by atoms with Crippen molar-refractivity contribution in [3.8, 4) is 0 Å². The molecular formula is C14H18N4O2S. The zero-order valence-corrected chi connectivity index (χ0v) is 12.9. The van der Waals surface area contributed by atoms with Crippen LogP contribution in [0.1, 0.15) is 28.1 Å².